The van der Waals surface area contributed by atoms with Crippen molar-refractivity contribution in [3.63, 3.8) is 0 Å². The Bertz CT molecular complexity index is 701. The number of rotatable bonds is 2. The smallest absolute Gasteiger partial charge is 0.341 e. The highest BCUT2D eigenvalue weighted by atomic mass is 16.7. The molecule has 0 fully saturated rings. The van der Waals surface area contributed by atoms with Crippen molar-refractivity contribution >= 4 is 22.8 Å². The molecule has 0 aliphatic rings. The molecule has 1 N–H and O–H groups in total. The Labute approximate surface area is 101 Å². The van der Waals surface area contributed by atoms with Crippen molar-refractivity contribution in [1.29, 1.82) is 0 Å². The van der Waals surface area contributed by atoms with Crippen LogP contribution in [0, 0.1) is 0 Å². The quantitative estimate of drug-likeness (QED) is 0.843. The second kappa shape index (κ2) is 4.33. The minimum absolute atomic E-state index is 0.336. The van der Waals surface area contributed by atoms with E-state index < -0.39 is 23.1 Å². The fraction of sp³-hybridized carbons (Fsp3) is 0.0833. The van der Waals surface area contributed by atoms with Gasteiger partial charge in [0.2, 0.25) is 0 Å². The molecule has 18 heavy (non-hydrogen) atoms. The minimum atomic E-state index is -1.37. The minimum Gasteiger partial charge on any atom is -0.477 e. The van der Waals surface area contributed by atoms with Gasteiger partial charge in [0.25, 0.3) is 5.56 Å². The normalized spacial score (nSPS) is 10.3. The summed E-state index contributed by atoms with van der Waals surface area (Å²) >= 11 is 0. The van der Waals surface area contributed by atoms with Crippen molar-refractivity contribution in [1.82, 2.24) is 4.73 Å². The fourth-order valence-electron chi connectivity index (χ4n) is 1.60. The summed E-state index contributed by atoms with van der Waals surface area (Å²) in [7, 11) is 0. The van der Waals surface area contributed by atoms with Crippen molar-refractivity contribution < 1.29 is 19.5 Å². The Morgan fingerprint density at radius 1 is 1.28 bits per heavy atom. The van der Waals surface area contributed by atoms with Crippen molar-refractivity contribution in [3.8, 4) is 0 Å². The molecule has 6 heteroatoms. The van der Waals surface area contributed by atoms with Gasteiger partial charge in [-0.05, 0) is 12.1 Å². The number of pyridine rings is 1. The maximum atomic E-state index is 11.9. The van der Waals surface area contributed by atoms with Crippen molar-refractivity contribution in [2.24, 2.45) is 0 Å². The zero-order chi connectivity index (χ0) is 13.3. The highest BCUT2D eigenvalue weighted by Crippen LogP contribution is 2.12. The first-order valence-electron chi connectivity index (χ1n) is 5.07. The Hall–Kier alpha value is -2.63. The standard InChI is InChI=1S/C12H9NO5/c1-7(14)18-13-10-5-3-2-4-8(10)6-9(11(13)15)12(16)17/h2-6H,1H3,(H,16,17). The van der Waals surface area contributed by atoms with E-state index in [1.54, 1.807) is 24.3 Å². The second-order valence-electron chi connectivity index (χ2n) is 3.60. The number of nitrogens with zero attached hydrogens (tertiary/aromatic N) is 1. The summed E-state index contributed by atoms with van der Waals surface area (Å²) in [4.78, 5) is 38.5. The molecule has 2 aromatic rings. The maximum Gasteiger partial charge on any atom is 0.341 e. The zero-order valence-corrected chi connectivity index (χ0v) is 9.41. The average molecular weight is 247 g/mol. The van der Waals surface area contributed by atoms with Crippen LogP contribution < -0.4 is 10.4 Å². The molecule has 1 aromatic carbocycles. The van der Waals surface area contributed by atoms with Gasteiger partial charge in [0.05, 0.1) is 5.52 Å². The molecule has 6 nitrogen and oxygen atoms in total. The number of carboxylic acids is 1. The molecular formula is C12H9NO5. The number of carbonyl (C=O) groups excluding carboxylic acids is 1. The van der Waals surface area contributed by atoms with E-state index >= 15 is 0 Å². The molecule has 0 atom stereocenters. The van der Waals surface area contributed by atoms with Gasteiger partial charge in [0.1, 0.15) is 5.56 Å². The number of benzene rings is 1. The Morgan fingerprint density at radius 3 is 2.56 bits per heavy atom. The Balaban J connectivity index is 2.85. The number of aromatic carboxylic acids is 1. The topological polar surface area (TPSA) is 85.6 Å². The fourth-order valence-corrected chi connectivity index (χ4v) is 1.60. The molecule has 0 saturated heterocycles. The molecule has 2 rings (SSSR count). The van der Waals surface area contributed by atoms with Gasteiger partial charge in [-0.15, -0.1) is 4.73 Å². The third-order valence-electron chi connectivity index (χ3n) is 2.32. The molecule has 0 aliphatic heterocycles. The SMILES string of the molecule is CC(=O)On1c(=O)c(C(=O)O)cc2ccccc21. The number of hydrogen-bond acceptors (Lipinski definition) is 4. The molecular weight excluding hydrogens is 238 g/mol. The lowest BCUT2D eigenvalue weighted by atomic mass is 10.1. The van der Waals surface area contributed by atoms with Crippen molar-refractivity contribution in [2.75, 3.05) is 0 Å². The number of carboxylic acid groups (broad SMARTS) is 1. The summed E-state index contributed by atoms with van der Waals surface area (Å²) < 4.78 is 0.696. The summed E-state index contributed by atoms with van der Waals surface area (Å²) in [5.41, 5.74) is -0.992. The van der Waals surface area contributed by atoms with Gasteiger partial charge < -0.3 is 9.94 Å². The van der Waals surface area contributed by atoms with Crippen molar-refractivity contribution in [2.45, 2.75) is 6.92 Å². The van der Waals surface area contributed by atoms with E-state index in [4.69, 9.17) is 9.94 Å². The predicted octanol–water partition coefficient (Wildman–Crippen LogP) is 0.675. The van der Waals surface area contributed by atoms with E-state index in [0.29, 0.717) is 15.6 Å². The van der Waals surface area contributed by atoms with Crippen LogP contribution in [0.1, 0.15) is 17.3 Å². The van der Waals surface area contributed by atoms with E-state index in [-0.39, 0.29) is 0 Å². The van der Waals surface area contributed by atoms with E-state index in [2.05, 4.69) is 0 Å². The van der Waals surface area contributed by atoms with Crippen LogP contribution in [0.15, 0.2) is 35.1 Å². The number of carbonyl (C=O) groups is 2. The lowest BCUT2D eigenvalue weighted by Crippen LogP contribution is -2.33. The van der Waals surface area contributed by atoms with Gasteiger partial charge in [-0.25, -0.2) is 9.59 Å². The van der Waals surface area contributed by atoms with Crippen LogP contribution in [0.5, 0.6) is 0 Å². The Morgan fingerprint density at radius 2 is 1.94 bits per heavy atom. The number of fused-ring (bicyclic) bond motifs is 1. The van der Waals surface area contributed by atoms with E-state index in [1.807, 2.05) is 0 Å². The molecule has 0 unspecified atom stereocenters. The second-order valence-corrected chi connectivity index (χ2v) is 3.60. The van der Waals surface area contributed by atoms with Crippen LogP contribution in [0.3, 0.4) is 0 Å². The molecule has 1 aromatic heterocycles. The Kier molecular flexibility index (Phi) is 2.85. The molecule has 92 valence electrons. The van der Waals surface area contributed by atoms with Gasteiger partial charge in [-0.2, -0.15) is 0 Å². The van der Waals surface area contributed by atoms with Crippen LogP contribution in [-0.2, 0) is 4.79 Å². The number of aromatic nitrogens is 1. The highest BCUT2D eigenvalue weighted by Gasteiger charge is 2.16. The van der Waals surface area contributed by atoms with Crippen LogP contribution in [0.2, 0.25) is 0 Å². The lowest BCUT2D eigenvalue weighted by molar-refractivity contribution is -0.141. The molecule has 1 heterocycles. The first-order chi connectivity index (χ1) is 8.50. The maximum absolute atomic E-state index is 11.9. The average Bonchev–Trinajstić information content (AvgIpc) is 2.31. The molecule has 0 bridgehead atoms. The van der Waals surface area contributed by atoms with Gasteiger partial charge in [0.15, 0.2) is 0 Å². The summed E-state index contributed by atoms with van der Waals surface area (Å²) in [6.45, 7) is 1.13. The summed E-state index contributed by atoms with van der Waals surface area (Å²) in [5.74, 6) is -2.07. The monoisotopic (exact) mass is 247 g/mol. The molecule has 0 aliphatic carbocycles. The van der Waals surface area contributed by atoms with Crippen LogP contribution in [0.4, 0.5) is 0 Å². The van der Waals surface area contributed by atoms with Gasteiger partial charge >= 0.3 is 11.9 Å². The summed E-state index contributed by atoms with van der Waals surface area (Å²) in [5, 5.41) is 9.43. The van der Waals surface area contributed by atoms with Gasteiger partial charge in [-0.3, -0.25) is 4.79 Å². The zero-order valence-electron chi connectivity index (χ0n) is 9.41. The lowest BCUT2D eigenvalue weighted by Gasteiger charge is -2.09. The van der Waals surface area contributed by atoms with Crippen LogP contribution in [0.25, 0.3) is 10.9 Å². The first-order valence-corrected chi connectivity index (χ1v) is 5.07. The predicted molar refractivity (Wildman–Crippen MR) is 62.4 cm³/mol. The van der Waals surface area contributed by atoms with E-state index in [1.165, 1.54) is 6.07 Å². The molecule has 0 radical (unpaired) electrons. The molecule has 0 spiro atoms. The van der Waals surface area contributed by atoms with Crippen molar-refractivity contribution in [3.05, 3.63) is 46.2 Å². The third kappa shape index (κ3) is 1.95. The first kappa shape index (κ1) is 11.8. The van der Waals surface area contributed by atoms with E-state index in [9.17, 15) is 14.4 Å². The van der Waals surface area contributed by atoms with E-state index in [0.717, 1.165) is 6.92 Å². The number of para-hydroxylation sites is 1. The highest BCUT2D eigenvalue weighted by molar-refractivity contribution is 5.92. The summed E-state index contributed by atoms with van der Waals surface area (Å²) in [6, 6.07) is 7.78. The van der Waals surface area contributed by atoms with Gasteiger partial charge in [0, 0.05) is 12.3 Å². The van der Waals surface area contributed by atoms with Crippen LogP contribution >= 0.6 is 0 Å². The summed E-state index contributed by atoms with van der Waals surface area (Å²) in [6.07, 6.45) is 0. The third-order valence-corrected chi connectivity index (χ3v) is 2.32. The molecule has 0 saturated carbocycles. The van der Waals surface area contributed by atoms with Gasteiger partial charge in [-0.1, -0.05) is 18.2 Å². The number of hydrogen-bond donors (Lipinski definition) is 1. The molecule has 0 amide bonds. The van der Waals surface area contributed by atoms with Crippen LogP contribution in [-0.4, -0.2) is 21.8 Å². The largest absolute Gasteiger partial charge is 0.477 e.